The molecule has 0 radical (unpaired) electrons. The highest BCUT2D eigenvalue weighted by Gasteiger charge is 2.31. The Balaban J connectivity index is 2.53. The number of hydrogen-bond acceptors (Lipinski definition) is 7. The molecule has 1 aliphatic rings. The molecule has 1 heterocycles. The van der Waals surface area contributed by atoms with Gasteiger partial charge in [0.05, 0.1) is 24.0 Å². The number of nitro benzene ring substituents is 1. The first-order chi connectivity index (χ1) is 10.9. The molecule has 0 saturated carbocycles. The number of thiocarbonyl (C=S) groups is 1. The van der Waals surface area contributed by atoms with Crippen LogP contribution in [-0.4, -0.2) is 40.8 Å². The lowest BCUT2D eigenvalue weighted by Crippen LogP contribution is -2.27. The van der Waals surface area contributed by atoms with E-state index in [4.69, 9.17) is 21.7 Å². The molecule has 1 saturated heterocycles. The van der Waals surface area contributed by atoms with Gasteiger partial charge in [-0.25, -0.2) is 0 Å². The molecule has 1 aromatic carbocycles. The number of carbonyl (C=O) groups is 1. The van der Waals surface area contributed by atoms with Gasteiger partial charge in [0.2, 0.25) is 5.75 Å². The van der Waals surface area contributed by atoms with Crippen LogP contribution in [0.25, 0.3) is 6.08 Å². The number of nitrogens with zero attached hydrogens (tertiary/aromatic N) is 2. The van der Waals surface area contributed by atoms with E-state index >= 15 is 0 Å². The molecular weight excluding hydrogens is 340 g/mol. The number of likely N-dealkylation sites (N-methyl/N-ethyl adjacent to an activating group) is 1. The van der Waals surface area contributed by atoms with Gasteiger partial charge >= 0.3 is 5.69 Å². The normalized spacial score (nSPS) is 16.1. The van der Waals surface area contributed by atoms with Crippen LogP contribution >= 0.6 is 24.0 Å². The molecule has 0 atom stereocenters. The third-order valence-corrected chi connectivity index (χ3v) is 4.58. The molecule has 0 aromatic heterocycles. The maximum Gasteiger partial charge on any atom is 0.311 e. The summed E-state index contributed by atoms with van der Waals surface area (Å²) in [6, 6.07) is 2.74. The summed E-state index contributed by atoms with van der Waals surface area (Å²) in [5, 5.41) is 11.1. The third kappa shape index (κ3) is 3.30. The predicted octanol–water partition coefficient (Wildman–Crippen LogP) is 2.83. The van der Waals surface area contributed by atoms with Crippen LogP contribution in [-0.2, 0) is 4.79 Å². The Kier molecular flexibility index (Phi) is 5.22. The lowest BCUT2D eigenvalue weighted by Gasteiger charge is -2.10. The zero-order valence-electron chi connectivity index (χ0n) is 12.7. The molecule has 23 heavy (non-hydrogen) atoms. The van der Waals surface area contributed by atoms with E-state index < -0.39 is 4.92 Å². The largest absolute Gasteiger partial charge is 0.496 e. The number of hydrogen-bond donors (Lipinski definition) is 0. The molecular formula is C14H14N2O5S2. The maximum atomic E-state index is 12.2. The smallest absolute Gasteiger partial charge is 0.311 e. The van der Waals surface area contributed by atoms with Crippen LogP contribution in [0, 0.1) is 10.1 Å². The molecule has 0 aliphatic carbocycles. The van der Waals surface area contributed by atoms with Crippen molar-refractivity contribution in [1.82, 2.24) is 4.90 Å². The van der Waals surface area contributed by atoms with E-state index in [-0.39, 0.29) is 17.3 Å². The molecule has 1 aromatic rings. The second kappa shape index (κ2) is 6.97. The molecule has 0 bridgehead atoms. The van der Waals surface area contributed by atoms with Crippen molar-refractivity contribution in [3.63, 3.8) is 0 Å². The summed E-state index contributed by atoms with van der Waals surface area (Å²) in [4.78, 5) is 24.7. The Hall–Kier alpha value is -2.13. The predicted molar refractivity (Wildman–Crippen MR) is 91.8 cm³/mol. The summed E-state index contributed by atoms with van der Waals surface area (Å²) >= 11 is 6.30. The van der Waals surface area contributed by atoms with Crippen LogP contribution in [0.3, 0.4) is 0 Å². The summed E-state index contributed by atoms with van der Waals surface area (Å²) in [5.41, 5.74) is 0.210. The summed E-state index contributed by atoms with van der Waals surface area (Å²) in [5.74, 6) is 0.238. The van der Waals surface area contributed by atoms with E-state index in [1.54, 1.807) is 6.08 Å². The van der Waals surface area contributed by atoms with Gasteiger partial charge in [-0.15, -0.1) is 0 Å². The molecule has 7 nitrogen and oxygen atoms in total. The lowest BCUT2D eigenvalue weighted by atomic mass is 10.1. The fourth-order valence-corrected chi connectivity index (χ4v) is 3.45. The van der Waals surface area contributed by atoms with Crippen LogP contribution in [0.5, 0.6) is 11.5 Å². The van der Waals surface area contributed by atoms with E-state index in [2.05, 4.69) is 0 Å². The standard InChI is InChI=1S/C14H14N2O5S2/c1-4-15-13(17)12(23-14(15)22)6-8-5-9(16(18)19)11(21-3)7-10(8)20-2/h5-7H,4H2,1-3H3/b12-6-. The first-order valence-electron chi connectivity index (χ1n) is 6.58. The molecule has 0 unspecified atom stereocenters. The van der Waals surface area contributed by atoms with Gasteiger partial charge in [-0.2, -0.15) is 0 Å². The van der Waals surface area contributed by atoms with Crippen LogP contribution in [0.2, 0.25) is 0 Å². The highest BCUT2D eigenvalue weighted by atomic mass is 32.2. The maximum absolute atomic E-state index is 12.2. The zero-order valence-corrected chi connectivity index (χ0v) is 14.3. The first kappa shape index (κ1) is 17.2. The minimum atomic E-state index is -0.549. The van der Waals surface area contributed by atoms with Gasteiger partial charge in [-0.05, 0) is 13.0 Å². The van der Waals surface area contributed by atoms with E-state index in [0.29, 0.717) is 27.1 Å². The van der Waals surface area contributed by atoms with Gasteiger partial charge in [0.15, 0.2) is 0 Å². The minimum Gasteiger partial charge on any atom is -0.496 e. The summed E-state index contributed by atoms with van der Waals surface area (Å²) in [6.45, 7) is 2.30. The number of ether oxygens (including phenoxy) is 2. The molecule has 1 aliphatic heterocycles. The Morgan fingerprint density at radius 2 is 2.00 bits per heavy atom. The van der Waals surface area contributed by atoms with Crippen LogP contribution in [0.4, 0.5) is 5.69 Å². The van der Waals surface area contributed by atoms with Gasteiger partial charge in [-0.3, -0.25) is 19.8 Å². The fourth-order valence-electron chi connectivity index (χ4n) is 2.08. The van der Waals surface area contributed by atoms with Crippen molar-refractivity contribution in [3.05, 3.63) is 32.7 Å². The Labute approximate surface area is 142 Å². The van der Waals surface area contributed by atoms with Gasteiger partial charge in [0.25, 0.3) is 5.91 Å². The summed E-state index contributed by atoms with van der Waals surface area (Å²) in [7, 11) is 2.78. The number of amides is 1. The van der Waals surface area contributed by atoms with E-state index in [1.165, 1.54) is 31.3 Å². The van der Waals surface area contributed by atoms with Gasteiger partial charge in [-0.1, -0.05) is 24.0 Å². The molecule has 1 amide bonds. The molecule has 2 rings (SSSR count). The average Bonchev–Trinajstić information content (AvgIpc) is 2.80. The summed E-state index contributed by atoms with van der Waals surface area (Å²) < 4.78 is 10.7. The lowest BCUT2D eigenvalue weighted by molar-refractivity contribution is -0.385. The van der Waals surface area contributed by atoms with Gasteiger partial charge in [0.1, 0.15) is 10.1 Å². The van der Waals surface area contributed by atoms with Gasteiger partial charge in [0, 0.05) is 24.2 Å². The number of thioether (sulfide) groups is 1. The van der Waals surface area contributed by atoms with E-state index in [0.717, 1.165) is 11.8 Å². The van der Waals surface area contributed by atoms with Crippen molar-refractivity contribution in [2.24, 2.45) is 0 Å². The quantitative estimate of drug-likeness (QED) is 0.348. The van der Waals surface area contributed by atoms with E-state index in [9.17, 15) is 14.9 Å². The number of rotatable bonds is 5. The number of benzene rings is 1. The Morgan fingerprint density at radius 1 is 1.35 bits per heavy atom. The molecule has 122 valence electrons. The second-order valence-corrected chi connectivity index (χ2v) is 6.12. The number of methoxy groups -OCH3 is 2. The van der Waals surface area contributed by atoms with Crippen LogP contribution in [0.15, 0.2) is 17.0 Å². The van der Waals surface area contributed by atoms with Gasteiger partial charge < -0.3 is 9.47 Å². The molecule has 0 spiro atoms. The Bertz CT molecular complexity index is 717. The second-order valence-electron chi connectivity index (χ2n) is 4.45. The first-order valence-corrected chi connectivity index (χ1v) is 7.81. The minimum absolute atomic E-state index is 0.0881. The Morgan fingerprint density at radius 3 is 2.48 bits per heavy atom. The van der Waals surface area contributed by atoms with Crippen molar-refractivity contribution in [3.8, 4) is 11.5 Å². The van der Waals surface area contributed by atoms with Crippen molar-refractivity contribution in [1.29, 1.82) is 0 Å². The highest BCUT2D eigenvalue weighted by Crippen LogP contribution is 2.38. The molecule has 9 heteroatoms. The zero-order chi connectivity index (χ0) is 17.1. The molecule has 1 fully saturated rings. The summed E-state index contributed by atoms with van der Waals surface area (Å²) in [6.07, 6.45) is 1.54. The average molecular weight is 354 g/mol. The van der Waals surface area contributed by atoms with Crippen LogP contribution in [0.1, 0.15) is 12.5 Å². The molecule has 0 N–H and O–H groups in total. The monoisotopic (exact) mass is 354 g/mol. The fraction of sp³-hybridized carbons (Fsp3) is 0.286. The van der Waals surface area contributed by atoms with Crippen molar-refractivity contribution in [2.75, 3.05) is 20.8 Å². The van der Waals surface area contributed by atoms with Crippen molar-refractivity contribution in [2.45, 2.75) is 6.92 Å². The SMILES string of the molecule is CCN1C(=O)/C(=C/c2cc([N+](=O)[O-])c(OC)cc2OC)SC1=S. The number of carbonyl (C=O) groups excluding carboxylic acids is 1. The van der Waals surface area contributed by atoms with E-state index in [1.807, 2.05) is 6.92 Å². The van der Waals surface area contributed by atoms with Crippen molar-refractivity contribution < 1.29 is 19.2 Å². The third-order valence-electron chi connectivity index (χ3n) is 3.20. The topological polar surface area (TPSA) is 81.9 Å². The highest BCUT2D eigenvalue weighted by molar-refractivity contribution is 8.26. The van der Waals surface area contributed by atoms with Crippen molar-refractivity contribution >= 4 is 46.0 Å². The van der Waals surface area contributed by atoms with Crippen LogP contribution < -0.4 is 9.47 Å². The number of nitro groups is 1.